The van der Waals surface area contributed by atoms with E-state index < -0.39 is 57.1 Å². The van der Waals surface area contributed by atoms with Crippen molar-refractivity contribution in [3.63, 3.8) is 0 Å². The van der Waals surface area contributed by atoms with Crippen molar-refractivity contribution in [2.45, 2.75) is 0 Å². The minimum atomic E-state index is -1.71. The second kappa shape index (κ2) is 6.46. The van der Waals surface area contributed by atoms with Gasteiger partial charge in [-0.2, -0.15) is 0 Å². The number of imidazole rings is 2. The maximum Gasteiger partial charge on any atom is 0.264 e. The van der Waals surface area contributed by atoms with E-state index in [2.05, 4.69) is 9.97 Å². The zero-order valence-corrected chi connectivity index (χ0v) is 18.3. The molecule has 0 N–H and O–H groups in total. The first kappa shape index (κ1) is 21.1. The number of rotatable bonds is 0. The Morgan fingerprint density at radius 3 is 1.26 bits per heavy atom. The summed E-state index contributed by atoms with van der Waals surface area (Å²) in [4.78, 5) is 34.5. The molecule has 38 heavy (non-hydrogen) atoms. The van der Waals surface area contributed by atoms with E-state index in [1.807, 2.05) is 0 Å². The third-order valence-electron chi connectivity index (χ3n) is 7.04. The van der Waals surface area contributed by atoms with Crippen LogP contribution >= 0.6 is 0 Å². The Kier molecular flexibility index (Phi) is 3.59. The number of hydrogen-bond donors (Lipinski definition) is 0. The van der Waals surface area contributed by atoms with Crippen molar-refractivity contribution in [2.75, 3.05) is 0 Å². The Morgan fingerprint density at radius 2 is 0.868 bits per heavy atom. The average molecular weight is 520 g/mol. The first-order valence-electron chi connectivity index (χ1n) is 11.0. The summed E-state index contributed by atoms with van der Waals surface area (Å²) < 4.78 is 85.9. The van der Waals surface area contributed by atoms with Crippen LogP contribution in [0.1, 0.15) is 0 Å². The predicted octanol–water partition coefficient (Wildman–Crippen LogP) is 5.18. The van der Waals surface area contributed by atoms with Gasteiger partial charge in [0.05, 0.1) is 21.8 Å². The summed E-state index contributed by atoms with van der Waals surface area (Å²) in [6.45, 7) is 0. The number of halogens is 6. The molecule has 0 aliphatic rings. The van der Waals surface area contributed by atoms with Gasteiger partial charge in [-0.15, -0.1) is 0 Å². The van der Waals surface area contributed by atoms with Gasteiger partial charge in [-0.25, -0.2) is 36.3 Å². The Morgan fingerprint density at radius 1 is 0.500 bits per heavy atom. The van der Waals surface area contributed by atoms with Gasteiger partial charge in [0.15, 0.2) is 34.9 Å². The van der Waals surface area contributed by atoms with Crippen LogP contribution in [-0.2, 0) is 0 Å². The van der Waals surface area contributed by atoms with Crippen molar-refractivity contribution in [3.05, 3.63) is 92.0 Å². The molecule has 0 amide bonds. The summed E-state index contributed by atoms with van der Waals surface area (Å²) in [5.74, 6) is -9.39. The molecule has 0 bridgehead atoms. The van der Waals surface area contributed by atoms with Gasteiger partial charge in [0.25, 0.3) is 11.1 Å². The Labute approximate surface area is 203 Å². The highest BCUT2D eigenvalue weighted by molar-refractivity contribution is 6.12. The lowest BCUT2D eigenvalue weighted by atomic mass is 10.0. The van der Waals surface area contributed by atoms with E-state index in [0.717, 1.165) is 8.80 Å². The summed E-state index contributed by atoms with van der Waals surface area (Å²) in [7, 11) is 0. The van der Waals surface area contributed by atoms with E-state index in [9.17, 15) is 35.9 Å². The van der Waals surface area contributed by atoms with Crippen LogP contribution < -0.4 is 11.1 Å². The third kappa shape index (κ3) is 2.26. The van der Waals surface area contributed by atoms with Gasteiger partial charge < -0.3 is 0 Å². The van der Waals surface area contributed by atoms with Crippen LogP contribution in [0.5, 0.6) is 0 Å². The monoisotopic (exact) mass is 520 g/mol. The topological polar surface area (TPSA) is 68.7 Å². The van der Waals surface area contributed by atoms with Crippen molar-refractivity contribution >= 4 is 65.7 Å². The normalized spacial score (nSPS) is 12.7. The van der Waals surface area contributed by atoms with Crippen molar-refractivity contribution in [2.24, 2.45) is 0 Å². The van der Waals surface area contributed by atoms with Crippen LogP contribution in [0.4, 0.5) is 26.3 Å². The van der Waals surface area contributed by atoms with Crippen LogP contribution in [0, 0.1) is 34.9 Å². The summed E-state index contributed by atoms with van der Waals surface area (Å²) in [6.07, 6.45) is 0. The van der Waals surface area contributed by atoms with Gasteiger partial charge >= 0.3 is 0 Å². The summed E-state index contributed by atoms with van der Waals surface area (Å²) in [5.41, 5.74) is -2.84. The Bertz CT molecular complexity index is 2350. The molecule has 8 aromatic rings. The maximum atomic E-state index is 14.3. The van der Waals surface area contributed by atoms with Gasteiger partial charge in [0.1, 0.15) is 22.3 Å². The number of nitrogens with zero attached hydrogens (tertiary/aromatic N) is 4. The fourth-order valence-electron chi connectivity index (χ4n) is 5.33. The van der Waals surface area contributed by atoms with Crippen molar-refractivity contribution in [1.29, 1.82) is 0 Å². The Hall–Kier alpha value is -5.00. The molecule has 0 atom stereocenters. The van der Waals surface area contributed by atoms with Crippen molar-refractivity contribution in [1.82, 2.24) is 18.8 Å². The van der Waals surface area contributed by atoms with Gasteiger partial charge in [-0.3, -0.25) is 18.4 Å². The molecule has 4 heterocycles. The van der Waals surface area contributed by atoms with Crippen LogP contribution in [0.3, 0.4) is 0 Å². The van der Waals surface area contributed by atoms with E-state index in [1.165, 1.54) is 24.3 Å². The summed E-state index contributed by atoms with van der Waals surface area (Å²) in [6, 6.07) is 7.41. The largest absolute Gasteiger partial charge is 0.268 e. The highest BCUT2D eigenvalue weighted by atomic mass is 19.2. The van der Waals surface area contributed by atoms with E-state index in [0.29, 0.717) is 22.9 Å². The maximum absolute atomic E-state index is 14.3. The lowest BCUT2D eigenvalue weighted by Gasteiger charge is -2.00. The molecule has 4 aromatic carbocycles. The highest BCUT2D eigenvalue weighted by Crippen LogP contribution is 2.33. The molecule has 8 rings (SSSR count). The fourth-order valence-corrected chi connectivity index (χ4v) is 5.33. The van der Waals surface area contributed by atoms with Crippen molar-refractivity contribution in [3.8, 4) is 0 Å². The Balaban J connectivity index is 1.51. The van der Waals surface area contributed by atoms with E-state index in [-0.39, 0.29) is 43.9 Å². The minimum absolute atomic E-state index is 0.0236. The van der Waals surface area contributed by atoms with Crippen LogP contribution in [0.25, 0.3) is 65.7 Å². The van der Waals surface area contributed by atoms with Crippen LogP contribution in [0.15, 0.2) is 46.0 Å². The molecular weight excluding hydrogens is 514 g/mol. The van der Waals surface area contributed by atoms with Crippen LogP contribution in [-0.4, -0.2) is 18.8 Å². The molecule has 0 fully saturated rings. The number of hydrogen-bond acceptors (Lipinski definition) is 4. The number of fused-ring (bicyclic) bond motifs is 11. The van der Waals surface area contributed by atoms with E-state index >= 15 is 0 Å². The van der Waals surface area contributed by atoms with Crippen molar-refractivity contribution < 1.29 is 26.3 Å². The molecule has 0 aliphatic heterocycles. The zero-order chi connectivity index (χ0) is 26.4. The van der Waals surface area contributed by atoms with E-state index in [1.54, 1.807) is 0 Å². The molecule has 0 saturated carbocycles. The summed E-state index contributed by atoms with van der Waals surface area (Å²) >= 11 is 0. The van der Waals surface area contributed by atoms with Gasteiger partial charge in [0.2, 0.25) is 0 Å². The summed E-state index contributed by atoms with van der Waals surface area (Å²) in [5, 5.41) is 1.71. The minimum Gasteiger partial charge on any atom is -0.268 e. The number of benzene rings is 4. The first-order valence-corrected chi connectivity index (χ1v) is 11.0. The molecule has 6 nitrogen and oxygen atoms in total. The first-order chi connectivity index (χ1) is 18.2. The second-order valence-corrected chi connectivity index (χ2v) is 9.00. The van der Waals surface area contributed by atoms with Gasteiger partial charge in [-0.1, -0.05) is 0 Å². The third-order valence-corrected chi connectivity index (χ3v) is 7.04. The number of aromatic nitrogens is 4. The fraction of sp³-hybridized carbons (Fsp3) is 0. The lowest BCUT2D eigenvalue weighted by Crippen LogP contribution is -2.06. The molecule has 0 spiro atoms. The second-order valence-electron chi connectivity index (χ2n) is 9.00. The van der Waals surface area contributed by atoms with E-state index in [4.69, 9.17) is 0 Å². The standard InChI is InChI=1S/C26H6F6N4O2/c27-13-5-15-21(19(31)17(13)29)33-23-9-1-7-3-12-10(2-8(7)4-11(9)25(37)35(15)23)24-34-22-16(36(24)26(12)38)6-14(28)18(30)20(22)32/h1-6H. The molecule has 12 heteroatoms. The lowest BCUT2D eigenvalue weighted by molar-refractivity contribution is 0.452. The zero-order valence-electron chi connectivity index (χ0n) is 18.3. The molecule has 0 unspecified atom stereocenters. The van der Waals surface area contributed by atoms with Gasteiger partial charge in [-0.05, 0) is 35.0 Å². The SMILES string of the molecule is O=c1c2cc3cc4c(cc3cc2c2nc3c(F)c(F)c(F)cc3n12)c(=O)n1c2cc(F)c(F)c(F)c2nc41. The molecule has 4 aromatic heterocycles. The quantitative estimate of drug-likeness (QED) is 0.204. The molecule has 0 radical (unpaired) electrons. The molecular formula is C26H6F6N4O2. The average Bonchev–Trinajstić information content (AvgIpc) is 3.60. The van der Waals surface area contributed by atoms with Gasteiger partial charge in [0, 0.05) is 22.9 Å². The predicted molar refractivity (Wildman–Crippen MR) is 126 cm³/mol. The highest BCUT2D eigenvalue weighted by Gasteiger charge is 2.25. The smallest absolute Gasteiger partial charge is 0.264 e. The van der Waals surface area contributed by atoms with Crippen LogP contribution in [0.2, 0.25) is 0 Å². The molecule has 0 aliphatic carbocycles. The molecule has 0 saturated heterocycles. The molecule has 184 valence electrons.